The maximum absolute atomic E-state index is 12.9. The van der Waals surface area contributed by atoms with E-state index >= 15 is 0 Å². The average molecular weight is 431 g/mol. The molecule has 0 aliphatic carbocycles. The van der Waals surface area contributed by atoms with Gasteiger partial charge < -0.3 is 10.6 Å². The van der Waals surface area contributed by atoms with Crippen molar-refractivity contribution in [1.82, 2.24) is 0 Å². The van der Waals surface area contributed by atoms with Crippen molar-refractivity contribution in [1.29, 1.82) is 0 Å². The van der Waals surface area contributed by atoms with Crippen LogP contribution in [0.1, 0.15) is 10.4 Å². The van der Waals surface area contributed by atoms with Crippen LogP contribution < -0.4 is 10.6 Å². The van der Waals surface area contributed by atoms with Crippen LogP contribution in [-0.2, 0) is 0 Å². The molecule has 2 aromatic carbocycles. The minimum atomic E-state index is -0.0333. The van der Waals surface area contributed by atoms with Gasteiger partial charge in [0.15, 0.2) is 0 Å². The van der Waals surface area contributed by atoms with Gasteiger partial charge in [0.05, 0.1) is 11.3 Å². The molecular formula is C15H12ClIN2OS. The van der Waals surface area contributed by atoms with E-state index in [2.05, 4.69) is 22.6 Å². The lowest BCUT2D eigenvalue weighted by Crippen LogP contribution is -2.36. The Morgan fingerprint density at radius 1 is 1.29 bits per heavy atom. The number of fused-ring (bicyclic) bond motifs is 1. The van der Waals surface area contributed by atoms with Gasteiger partial charge in [0.2, 0.25) is 0 Å². The zero-order valence-electron chi connectivity index (χ0n) is 11.0. The van der Waals surface area contributed by atoms with Gasteiger partial charge in [0.1, 0.15) is 0 Å². The van der Waals surface area contributed by atoms with E-state index in [-0.39, 0.29) is 5.91 Å². The highest BCUT2D eigenvalue weighted by Crippen LogP contribution is 2.37. The molecule has 3 nitrogen and oxygen atoms in total. The van der Waals surface area contributed by atoms with E-state index in [9.17, 15) is 4.79 Å². The first kappa shape index (κ1) is 15.0. The zero-order chi connectivity index (χ0) is 15.0. The van der Waals surface area contributed by atoms with Gasteiger partial charge in [-0.1, -0.05) is 11.6 Å². The number of halogens is 2. The SMILES string of the molecule is Nc1ccc2c(c1)N(C(=O)c1cc(Cl)ccc1I)CCS2. The summed E-state index contributed by atoms with van der Waals surface area (Å²) < 4.78 is 0.894. The third-order valence-electron chi connectivity index (χ3n) is 3.25. The fraction of sp³-hybridized carbons (Fsp3) is 0.133. The Hall–Kier alpha value is -0.920. The molecule has 0 aromatic heterocycles. The van der Waals surface area contributed by atoms with Crippen LogP contribution in [0, 0.1) is 3.57 Å². The van der Waals surface area contributed by atoms with Crippen molar-refractivity contribution in [3.8, 4) is 0 Å². The quantitative estimate of drug-likeness (QED) is 0.543. The number of nitrogens with two attached hydrogens (primary N) is 1. The second-order valence-corrected chi connectivity index (χ2v) is 7.39. The van der Waals surface area contributed by atoms with Crippen molar-refractivity contribution in [2.75, 3.05) is 22.9 Å². The van der Waals surface area contributed by atoms with Gasteiger partial charge in [0, 0.05) is 31.5 Å². The molecule has 0 unspecified atom stereocenters. The van der Waals surface area contributed by atoms with E-state index in [1.165, 1.54) is 0 Å². The number of nitrogen functional groups attached to an aromatic ring is 1. The summed E-state index contributed by atoms with van der Waals surface area (Å²) in [5.74, 6) is 0.842. The molecule has 21 heavy (non-hydrogen) atoms. The van der Waals surface area contributed by atoms with Crippen molar-refractivity contribution in [3.05, 3.63) is 50.6 Å². The van der Waals surface area contributed by atoms with Crippen LogP contribution in [0.4, 0.5) is 11.4 Å². The molecule has 0 saturated carbocycles. The smallest absolute Gasteiger partial charge is 0.259 e. The number of carbonyl (C=O) groups excluding carboxylic acids is 1. The Balaban J connectivity index is 2.04. The molecule has 1 heterocycles. The Kier molecular flexibility index (Phi) is 4.33. The van der Waals surface area contributed by atoms with Crippen LogP contribution >= 0.6 is 46.0 Å². The molecule has 0 atom stereocenters. The first-order valence-corrected chi connectivity index (χ1v) is 8.80. The molecule has 0 bridgehead atoms. The lowest BCUT2D eigenvalue weighted by molar-refractivity contribution is 0.0987. The fourth-order valence-electron chi connectivity index (χ4n) is 2.25. The van der Waals surface area contributed by atoms with Gasteiger partial charge in [-0.15, -0.1) is 11.8 Å². The zero-order valence-corrected chi connectivity index (χ0v) is 14.7. The third-order valence-corrected chi connectivity index (χ3v) is 5.47. The summed E-state index contributed by atoms with van der Waals surface area (Å²) in [6, 6.07) is 11.1. The van der Waals surface area contributed by atoms with Crippen molar-refractivity contribution >= 4 is 63.2 Å². The Labute approximate surface area is 146 Å². The Morgan fingerprint density at radius 2 is 2.10 bits per heavy atom. The highest BCUT2D eigenvalue weighted by atomic mass is 127. The molecule has 2 aromatic rings. The lowest BCUT2D eigenvalue weighted by atomic mass is 10.1. The first-order valence-electron chi connectivity index (χ1n) is 6.35. The number of amides is 1. The average Bonchev–Trinajstić information content (AvgIpc) is 2.48. The van der Waals surface area contributed by atoms with Crippen LogP contribution in [-0.4, -0.2) is 18.2 Å². The molecule has 1 aliphatic rings. The summed E-state index contributed by atoms with van der Waals surface area (Å²) >= 11 is 9.93. The van der Waals surface area contributed by atoms with E-state index in [0.29, 0.717) is 22.8 Å². The third kappa shape index (κ3) is 3.00. The Bertz CT molecular complexity index is 723. The normalized spacial score (nSPS) is 13.9. The monoisotopic (exact) mass is 430 g/mol. The summed E-state index contributed by atoms with van der Waals surface area (Å²) in [7, 11) is 0. The number of nitrogens with zero attached hydrogens (tertiary/aromatic N) is 1. The summed E-state index contributed by atoms with van der Waals surface area (Å²) in [6.45, 7) is 0.669. The molecule has 6 heteroatoms. The number of hydrogen-bond donors (Lipinski definition) is 1. The van der Waals surface area contributed by atoms with Crippen molar-refractivity contribution in [2.45, 2.75) is 4.90 Å². The number of thioether (sulfide) groups is 1. The summed E-state index contributed by atoms with van der Waals surface area (Å²) in [5.41, 5.74) is 8.04. The molecule has 0 radical (unpaired) electrons. The topological polar surface area (TPSA) is 46.3 Å². The Morgan fingerprint density at radius 3 is 2.90 bits per heavy atom. The second kappa shape index (κ2) is 6.06. The van der Waals surface area contributed by atoms with Gasteiger partial charge in [-0.2, -0.15) is 0 Å². The van der Waals surface area contributed by atoms with Crippen LogP contribution in [0.2, 0.25) is 5.02 Å². The van der Waals surface area contributed by atoms with Crippen LogP contribution in [0.5, 0.6) is 0 Å². The van der Waals surface area contributed by atoms with Crippen LogP contribution in [0.15, 0.2) is 41.3 Å². The maximum Gasteiger partial charge on any atom is 0.259 e. The molecule has 3 rings (SSSR count). The minimum Gasteiger partial charge on any atom is -0.399 e. The van der Waals surface area contributed by atoms with Gasteiger partial charge >= 0.3 is 0 Å². The number of carbonyl (C=O) groups is 1. The lowest BCUT2D eigenvalue weighted by Gasteiger charge is -2.29. The van der Waals surface area contributed by atoms with Gasteiger partial charge in [-0.3, -0.25) is 4.79 Å². The van der Waals surface area contributed by atoms with Gasteiger partial charge in [-0.05, 0) is 59.0 Å². The van der Waals surface area contributed by atoms with E-state index in [0.717, 1.165) is 19.9 Å². The summed E-state index contributed by atoms with van der Waals surface area (Å²) in [6.07, 6.45) is 0. The van der Waals surface area contributed by atoms with Crippen molar-refractivity contribution in [2.24, 2.45) is 0 Å². The minimum absolute atomic E-state index is 0.0333. The van der Waals surface area contributed by atoms with E-state index in [1.54, 1.807) is 28.8 Å². The summed E-state index contributed by atoms with van der Waals surface area (Å²) in [4.78, 5) is 15.7. The largest absolute Gasteiger partial charge is 0.399 e. The van der Waals surface area contributed by atoms with E-state index < -0.39 is 0 Å². The number of rotatable bonds is 1. The molecular weight excluding hydrogens is 419 g/mol. The predicted molar refractivity (Wildman–Crippen MR) is 97.4 cm³/mol. The van der Waals surface area contributed by atoms with Crippen LogP contribution in [0.25, 0.3) is 0 Å². The predicted octanol–water partition coefficient (Wildman–Crippen LogP) is 4.28. The summed E-state index contributed by atoms with van der Waals surface area (Å²) in [5, 5.41) is 0.568. The van der Waals surface area contributed by atoms with Crippen molar-refractivity contribution in [3.63, 3.8) is 0 Å². The van der Waals surface area contributed by atoms with Crippen molar-refractivity contribution < 1.29 is 4.79 Å². The van der Waals surface area contributed by atoms with E-state index in [4.69, 9.17) is 17.3 Å². The molecule has 0 saturated heterocycles. The molecule has 2 N–H and O–H groups in total. The van der Waals surface area contributed by atoms with Gasteiger partial charge in [-0.25, -0.2) is 0 Å². The molecule has 0 spiro atoms. The molecule has 0 fully saturated rings. The highest BCUT2D eigenvalue weighted by Gasteiger charge is 2.25. The van der Waals surface area contributed by atoms with E-state index in [1.807, 2.05) is 24.3 Å². The van der Waals surface area contributed by atoms with Crippen LogP contribution in [0.3, 0.4) is 0 Å². The molecule has 108 valence electrons. The standard InChI is InChI=1S/C15H12ClIN2OS/c16-9-1-3-12(17)11(7-9)15(20)19-5-6-21-14-4-2-10(18)8-13(14)19/h1-4,7-8H,5-6,18H2. The number of benzene rings is 2. The van der Waals surface area contributed by atoms with Gasteiger partial charge in [0.25, 0.3) is 5.91 Å². The number of anilines is 2. The first-order chi connectivity index (χ1) is 10.1. The molecule has 1 amide bonds. The number of hydrogen-bond acceptors (Lipinski definition) is 3. The highest BCUT2D eigenvalue weighted by molar-refractivity contribution is 14.1. The fourth-order valence-corrected chi connectivity index (χ4v) is 3.97. The molecule has 1 aliphatic heterocycles. The maximum atomic E-state index is 12.9. The second-order valence-electron chi connectivity index (χ2n) is 4.66.